The lowest BCUT2D eigenvalue weighted by Gasteiger charge is -2.25. The van der Waals surface area contributed by atoms with Crippen molar-refractivity contribution in [2.45, 2.75) is 45.7 Å². The maximum Gasteiger partial charge on any atom is 0.117 e. The van der Waals surface area contributed by atoms with Crippen LogP contribution in [0.3, 0.4) is 0 Å². The normalized spacial score (nSPS) is 20.8. The smallest absolute Gasteiger partial charge is 0.117 e. The molecule has 0 rings (SSSR count). The number of hydrogen-bond donors (Lipinski definition) is 6. The zero-order valence-corrected chi connectivity index (χ0v) is 8.15. The highest BCUT2D eigenvalue weighted by Gasteiger charge is 2.12. The fraction of sp³-hybridized carbons (Fsp3) is 1.00. The molecule has 3 unspecified atom stereocenters. The highest BCUT2D eigenvalue weighted by atomic mass is 16.3. The molecular formula is C7H19N3O3. The lowest BCUT2D eigenvalue weighted by molar-refractivity contribution is 0.0485. The minimum atomic E-state index is -0.734. The Morgan fingerprint density at radius 1 is 0.692 bits per heavy atom. The highest BCUT2D eigenvalue weighted by molar-refractivity contribution is 4.63. The number of aliphatic hydroxyl groups is 3. The van der Waals surface area contributed by atoms with Crippen molar-refractivity contribution in [3.8, 4) is 0 Å². The average Bonchev–Trinajstić information content (AvgIpc) is 1.80. The van der Waals surface area contributed by atoms with Gasteiger partial charge in [0.05, 0.1) is 0 Å². The van der Waals surface area contributed by atoms with Crippen LogP contribution in [0.5, 0.6) is 0 Å². The van der Waals surface area contributed by atoms with E-state index in [0.29, 0.717) is 0 Å². The maximum absolute atomic E-state index is 8.99. The molecule has 0 heterocycles. The molecule has 0 aliphatic rings. The standard InChI is InChI=1S/C7H19N3O3/c1-4(11)8-7(9-5(2)12)10-6(3)13/h4-13H,1-3H3. The Bertz CT molecular complexity index is 106. The Morgan fingerprint density at radius 3 is 1.08 bits per heavy atom. The molecule has 0 aliphatic heterocycles. The van der Waals surface area contributed by atoms with Crippen LogP contribution in [-0.4, -0.2) is 40.3 Å². The van der Waals surface area contributed by atoms with Crippen LogP contribution in [0.1, 0.15) is 20.8 Å². The molecule has 0 amide bonds. The van der Waals surface area contributed by atoms with Gasteiger partial charge in [-0.05, 0) is 20.8 Å². The third-order valence-corrected chi connectivity index (χ3v) is 1.22. The van der Waals surface area contributed by atoms with Crippen LogP contribution >= 0.6 is 0 Å². The second-order valence-electron chi connectivity index (χ2n) is 2.96. The van der Waals surface area contributed by atoms with Crippen molar-refractivity contribution in [1.82, 2.24) is 16.0 Å². The molecule has 0 aliphatic carbocycles. The highest BCUT2D eigenvalue weighted by Crippen LogP contribution is 1.83. The number of hydrogen-bond acceptors (Lipinski definition) is 6. The largest absolute Gasteiger partial charge is 0.379 e. The van der Waals surface area contributed by atoms with E-state index in [4.69, 9.17) is 15.3 Å². The van der Waals surface area contributed by atoms with Gasteiger partial charge in [0.25, 0.3) is 0 Å². The summed E-state index contributed by atoms with van der Waals surface area (Å²) in [6.07, 6.45) is -2.74. The fourth-order valence-corrected chi connectivity index (χ4v) is 0.868. The first-order valence-corrected chi connectivity index (χ1v) is 4.24. The van der Waals surface area contributed by atoms with Crippen molar-refractivity contribution in [3.05, 3.63) is 0 Å². The Morgan fingerprint density at radius 2 is 0.923 bits per heavy atom. The summed E-state index contributed by atoms with van der Waals surface area (Å²) in [6, 6.07) is 0. The third-order valence-electron chi connectivity index (χ3n) is 1.22. The Hall–Kier alpha value is -0.240. The third kappa shape index (κ3) is 8.10. The molecule has 0 aromatic rings. The quantitative estimate of drug-likeness (QED) is 0.275. The Labute approximate surface area is 78.0 Å². The number of nitrogens with one attached hydrogen (secondary N) is 3. The first-order chi connectivity index (χ1) is 5.91. The minimum absolute atomic E-state index is 0.542. The molecule has 13 heavy (non-hydrogen) atoms. The van der Waals surface area contributed by atoms with Crippen molar-refractivity contribution < 1.29 is 15.3 Å². The van der Waals surface area contributed by atoms with Crippen LogP contribution in [-0.2, 0) is 0 Å². The molecule has 6 nitrogen and oxygen atoms in total. The van der Waals surface area contributed by atoms with Gasteiger partial charge in [-0.25, -0.2) is 0 Å². The molecular weight excluding hydrogens is 174 g/mol. The molecule has 6 N–H and O–H groups in total. The first kappa shape index (κ1) is 12.8. The van der Waals surface area contributed by atoms with E-state index in [2.05, 4.69) is 16.0 Å². The van der Waals surface area contributed by atoms with Gasteiger partial charge in [-0.2, -0.15) is 0 Å². The van der Waals surface area contributed by atoms with Crippen LogP contribution in [0, 0.1) is 0 Å². The van der Waals surface area contributed by atoms with Crippen molar-refractivity contribution in [3.63, 3.8) is 0 Å². The molecule has 3 atom stereocenters. The van der Waals surface area contributed by atoms with E-state index in [9.17, 15) is 0 Å². The summed E-state index contributed by atoms with van der Waals surface area (Å²) in [4.78, 5) is 0. The molecule has 0 fully saturated rings. The fourth-order valence-electron chi connectivity index (χ4n) is 0.868. The van der Waals surface area contributed by atoms with Crippen LogP contribution in [0.25, 0.3) is 0 Å². The minimum Gasteiger partial charge on any atom is -0.379 e. The van der Waals surface area contributed by atoms with Gasteiger partial charge < -0.3 is 15.3 Å². The predicted octanol–water partition coefficient (Wildman–Crippen LogP) is -1.95. The van der Waals surface area contributed by atoms with Crippen LogP contribution in [0.2, 0.25) is 0 Å². The summed E-state index contributed by atoms with van der Waals surface area (Å²) in [7, 11) is 0. The SMILES string of the molecule is CC(O)NC(NC(C)O)NC(C)O. The van der Waals surface area contributed by atoms with Crippen molar-refractivity contribution in [2.24, 2.45) is 0 Å². The molecule has 80 valence electrons. The van der Waals surface area contributed by atoms with E-state index in [0.717, 1.165) is 0 Å². The van der Waals surface area contributed by atoms with Crippen LogP contribution in [0.4, 0.5) is 0 Å². The van der Waals surface area contributed by atoms with Gasteiger partial charge in [0.15, 0.2) is 0 Å². The van der Waals surface area contributed by atoms with Gasteiger partial charge in [-0.15, -0.1) is 0 Å². The molecule has 0 saturated carbocycles. The number of aliphatic hydroxyl groups excluding tert-OH is 3. The van der Waals surface area contributed by atoms with Gasteiger partial charge in [0, 0.05) is 0 Å². The van der Waals surface area contributed by atoms with Gasteiger partial charge in [-0.1, -0.05) is 0 Å². The number of rotatable bonds is 6. The summed E-state index contributed by atoms with van der Waals surface area (Å²) < 4.78 is 0. The van der Waals surface area contributed by atoms with E-state index in [-0.39, 0.29) is 0 Å². The lowest BCUT2D eigenvalue weighted by atomic mass is 10.5. The topological polar surface area (TPSA) is 96.8 Å². The van der Waals surface area contributed by atoms with Crippen molar-refractivity contribution in [2.75, 3.05) is 0 Å². The molecule has 0 radical (unpaired) electrons. The predicted molar refractivity (Wildman–Crippen MR) is 48.2 cm³/mol. The van der Waals surface area contributed by atoms with Crippen molar-refractivity contribution >= 4 is 0 Å². The molecule has 0 bridgehead atoms. The van der Waals surface area contributed by atoms with E-state index in [1.54, 1.807) is 20.8 Å². The van der Waals surface area contributed by atoms with E-state index in [1.807, 2.05) is 0 Å². The Kier molecular flexibility index (Phi) is 6.13. The summed E-state index contributed by atoms with van der Waals surface area (Å²) >= 11 is 0. The van der Waals surface area contributed by atoms with Gasteiger partial charge in [-0.3, -0.25) is 16.0 Å². The Balaban J connectivity index is 3.87. The van der Waals surface area contributed by atoms with Crippen LogP contribution < -0.4 is 16.0 Å². The zero-order chi connectivity index (χ0) is 10.4. The lowest BCUT2D eigenvalue weighted by Crippen LogP contribution is -2.59. The van der Waals surface area contributed by atoms with Gasteiger partial charge >= 0.3 is 0 Å². The average molecular weight is 193 g/mol. The van der Waals surface area contributed by atoms with E-state index < -0.39 is 25.0 Å². The summed E-state index contributed by atoms with van der Waals surface area (Å²) in [5, 5.41) is 35.0. The van der Waals surface area contributed by atoms with E-state index in [1.165, 1.54) is 0 Å². The van der Waals surface area contributed by atoms with Gasteiger partial charge in [0.1, 0.15) is 25.0 Å². The van der Waals surface area contributed by atoms with Gasteiger partial charge in [0.2, 0.25) is 0 Å². The molecule has 0 spiro atoms. The molecule has 0 saturated heterocycles. The first-order valence-electron chi connectivity index (χ1n) is 4.24. The van der Waals surface area contributed by atoms with E-state index >= 15 is 0 Å². The van der Waals surface area contributed by atoms with Crippen molar-refractivity contribution in [1.29, 1.82) is 0 Å². The summed E-state index contributed by atoms with van der Waals surface area (Å²) in [5.41, 5.74) is 0. The van der Waals surface area contributed by atoms with Crippen LogP contribution in [0.15, 0.2) is 0 Å². The zero-order valence-electron chi connectivity index (χ0n) is 8.15. The second kappa shape index (κ2) is 6.25. The molecule has 0 aromatic heterocycles. The maximum atomic E-state index is 8.99. The summed E-state index contributed by atoms with van der Waals surface area (Å²) in [5.74, 6) is 0. The monoisotopic (exact) mass is 193 g/mol. The molecule has 0 aromatic carbocycles. The molecule has 6 heteroatoms. The summed E-state index contributed by atoms with van der Waals surface area (Å²) in [6.45, 7) is 4.63. The second-order valence-corrected chi connectivity index (χ2v) is 2.96.